The van der Waals surface area contributed by atoms with Crippen molar-refractivity contribution >= 4 is 32.4 Å². The molecule has 1 amide bonds. The van der Waals surface area contributed by atoms with Crippen molar-refractivity contribution in [2.24, 2.45) is 0 Å². The van der Waals surface area contributed by atoms with Crippen LogP contribution in [-0.4, -0.2) is 30.6 Å². The smallest absolute Gasteiger partial charge is 0.244 e. The average Bonchev–Trinajstić information content (AvgIpc) is 3.06. The van der Waals surface area contributed by atoms with Gasteiger partial charge in [0.1, 0.15) is 5.01 Å². The summed E-state index contributed by atoms with van der Waals surface area (Å²) in [4.78, 5) is 12.5. The molecule has 1 aromatic heterocycles. The highest BCUT2D eigenvalue weighted by Gasteiger charge is 2.23. The number of hydrogen-bond donors (Lipinski definition) is 2. The summed E-state index contributed by atoms with van der Waals surface area (Å²) in [7, 11) is -3.81. The molecule has 0 saturated heterocycles. The van der Waals surface area contributed by atoms with Gasteiger partial charge < -0.3 is 0 Å². The molecule has 0 bridgehead atoms. The molecule has 0 saturated carbocycles. The Morgan fingerprint density at radius 2 is 1.82 bits per heavy atom. The average molecular weight is 425 g/mol. The maximum Gasteiger partial charge on any atom is 0.244 e. The molecule has 0 aliphatic heterocycles. The standard InChI is InChI=1S/C19H28N4O3S2/c1-6-7-8-16-21-22-18(27-16)20-17(24)13(2)23-28(25,26)15-11-9-14(10-12-15)19(3,4)5/h9-13,23H,6-8H2,1-5H3,(H,20,22,24). The predicted octanol–water partition coefficient (Wildman–Crippen LogP) is 3.48. The summed E-state index contributed by atoms with van der Waals surface area (Å²) in [6, 6.07) is 5.74. The van der Waals surface area contributed by atoms with Crippen molar-refractivity contribution in [2.75, 3.05) is 5.32 Å². The first kappa shape index (κ1) is 22.4. The van der Waals surface area contributed by atoms with Gasteiger partial charge in [-0.25, -0.2) is 8.42 Å². The summed E-state index contributed by atoms with van der Waals surface area (Å²) >= 11 is 1.31. The van der Waals surface area contributed by atoms with Gasteiger partial charge in [0.15, 0.2) is 0 Å². The Kier molecular flexibility index (Phi) is 7.30. The molecule has 2 N–H and O–H groups in total. The minimum Gasteiger partial charge on any atom is -0.299 e. The zero-order chi connectivity index (χ0) is 20.9. The maximum absolute atomic E-state index is 12.6. The van der Waals surface area contributed by atoms with Crippen molar-refractivity contribution in [3.05, 3.63) is 34.8 Å². The number of sulfonamides is 1. The SMILES string of the molecule is CCCCc1nnc(NC(=O)C(C)NS(=O)(=O)c2ccc(C(C)(C)C)cc2)s1. The Bertz CT molecular complexity index is 900. The summed E-state index contributed by atoms with van der Waals surface area (Å²) in [5, 5.41) is 11.8. The number of aryl methyl sites for hydroxylation is 1. The van der Waals surface area contributed by atoms with Gasteiger partial charge in [-0.3, -0.25) is 10.1 Å². The van der Waals surface area contributed by atoms with E-state index in [0.717, 1.165) is 29.8 Å². The molecule has 1 aromatic carbocycles. The van der Waals surface area contributed by atoms with E-state index >= 15 is 0 Å². The van der Waals surface area contributed by atoms with Crippen molar-refractivity contribution in [1.29, 1.82) is 0 Å². The van der Waals surface area contributed by atoms with E-state index in [0.29, 0.717) is 5.13 Å². The number of aromatic nitrogens is 2. The monoisotopic (exact) mass is 424 g/mol. The maximum atomic E-state index is 12.6. The van der Waals surface area contributed by atoms with Gasteiger partial charge >= 0.3 is 0 Å². The number of carbonyl (C=O) groups excluding carboxylic acids is 1. The van der Waals surface area contributed by atoms with Crippen LogP contribution in [0.1, 0.15) is 58.0 Å². The lowest BCUT2D eigenvalue weighted by Crippen LogP contribution is -2.41. The molecule has 2 rings (SSSR count). The zero-order valence-corrected chi connectivity index (χ0v) is 18.6. The highest BCUT2D eigenvalue weighted by Crippen LogP contribution is 2.23. The molecule has 0 aliphatic carbocycles. The summed E-state index contributed by atoms with van der Waals surface area (Å²) in [5.74, 6) is -0.479. The number of hydrogen-bond acceptors (Lipinski definition) is 6. The fraction of sp³-hybridized carbons (Fsp3) is 0.526. The Balaban J connectivity index is 2.01. The van der Waals surface area contributed by atoms with Crippen molar-refractivity contribution in [2.45, 2.75) is 70.2 Å². The second-order valence-electron chi connectivity index (χ2n) is 7.71. The molecule has 28 heavy (non-hydrogen) atoms. The van der Waals surface area contributed by atoms with Crippen LogP contribution >= 0.6 is 11.3 Å². The molecule has 7 nitrogen and oxygen atoms in total. The van der Waals surface area contributed by atoms with Crippen molar-refractivity contribution in [3.63, 3.8) is 0 Å². The van der Waals surface area contributed by atoms with E-state index in [4.69, 9.17) is 0 Å². The third kappa shape index (κ3) is 6.08. The molecule has 1 atom stereocenters. The van der Waals surface area contributed by atoms with Gasteiger partial charge in [0.05, 0.1) is 10.9 Å². The molecular weight excluding hydrogens is 396 g/mol. The van der Waals surface area contributed by atoms with Crippen molar-refractivity contribution in [3.8, 4) is 0 Å². The molecule has 1 unspecified atom stereocenters. The van der Waals surface area contributed by atoms with Crippen LogP contribution in [0.3, 0.4) is 0 Å². The van der Waals surface area contributed by atoms with Gasteiger partial charge in [-0.05, 0) is 36.5 Å². The van der Waals surface area contributed by atoms with E-state index in [1.54, 1.807) is 24.3 Å². The van der Waals surface area contributed by atoms with Crippen LogP contribution in [0.4, 0.5) is 5.13 Å². The van der Waals surface area contributed by atoms with Crippen LogP contribution in [0.15, 0.2) is 29.2 Å². The molecule has 0 spiro atoms. The number of unbranched alkanes of at least 4 members (excludes halogenated alkanes) is 1. The van der Waals surface area contributed by atoms with E-state index in [9.17, 15) is 13.2 Å². The molecule has 1 heterocycles. The third-order valence-electron chi connectivity index (χ3n) is 4.20. The van der Waals surface area contributed by atoms with Crippen molar-refractivity contribution < 1.29 is 13.2 Å². The molecular formula is C19H28N4O3S2. The number of benzene rings is 1. The predicted molar refractivity (Wildman–Crippen MR) is 112 cm³/mol. The number of anilines is 1. The number of nitrogens with one attached hydrogen (secondary N) is 2. The summed E-state index contributed by atoms with van der Waals surface area (Å²) < 4.78 is 27.5. The fourth-order valence-corrected chi connectivity index (χ4v) is 4.42. The van der Waals surface area contributed by atoms with Gasteiger partial charge in [-0.1, -0.05) is 57.6 Å². The minimum absolute atomic E-state index is 0.0688. The number of amides is 1. The second kappa shape index (κ2) is 9.11. The van der Waals surface area contributed by atoms with Crippen LogP contribution in [-0.2, 0) is 26.7 Å². The topological polar surface area (TPSA) is 101 Å². The Labute approximate surface area is 171 Å². The van der Waals surface area contributed by atoms with Gasteiger partial charge in [0, 0.05) is 6.42 Å². The van der Waals surface area contributed by atoms with E-state index in [-0.39, 0.29) is 10.3 Å². The van der Waals surface area contributed by atoms with Crippen LogP contribution in [0.25, 0.3) is 0 Å². The summed E-state index contributed by atoms with van der Waals surface area (Å²) in [5.41, 5.74) is 0.966. The Morgan fingerprint density at radius 1 is 1.18 bits per heavy atom. The molecule has 0 aliphatic rings. The number of carbonyl (C=O) groups is 1. The first-order chi connectivity index (χ1) is 13.0. The molecule has 2 aromatic rings. The first-order valence-corrected chi connectivity index (χ1v) is 11.6. The quantitative estimate of drug-likeness (QED) is 0.675. The van der Waals surface area contributed by atoms with Crippen LogP contribution in [0.5, 0.6) is 0 Å². The summed E-state index contributed by atoms with van der Waals surface area (Å²) in [6.45, 7) is 9.76. The third-order valence-corrected chi connectivity index (χ3v) is 6.65. The lowest BCUT2D eigenvalue weighted by Gasteiger charge is -2.19. The van der Waals surface area contributed by atoms with Gasteiger partial charge in [0.25, 0.3) is 0 Å². The van der Waals surface area contributed by atoms with E-state index in [1.165, 1.54) is 18.3 Å². The van der Waals surface area contributed by atoms with Crippen LogP contribution < -0.4 is 10.0 Å². The van der Waals surface area contributed by atoms with Crippen molar-refractivity contribution in [1.82, 2.24) is 14.9 Å². The lowest BCUT2D eigenvalue weighted by atomic mass is 9.87. The van der Waals surface area contributed by atoms with Gasteiger partial charge in [-0.2, -0.15) is 4.72 Å². The van der Waals surface area contributed by atoms with Crippen LogP contribution in [0, 0.1) is 0 Å². The number of nitrogens with zero attached hydrogens (tertiary/aromatic N) is 2. The largest absolute Gasteiger partial charge is 0.299 e. The Hall–Kier alpha value is -1.84. The molecule has 0 radical (unpaired) electrons. The second-order valence-corrected chi connectivity index (χ2v) is 10.5. The Morgan fingerprint density at radius 3 is 2.39 bits per heavy atom. The first-order valence-electron chi connectivity index (χ1n) is 9.29. The van der Waals surface area contributed by atoms with E-state index in [2.05, 4.69) is 47.9 Å². The summed E-state index contributed by atoms with van der Waals surface area (Å²) in [6.07, 6.45) is 2.88. The van der Waals surface area contributed by atoms with Gasteiger partial charge in [-0.15, -0.1) is 10.2 Å². The van der Waals surface area contributed by atoms with E-state index < -0.39 is 22.0 Å². The molecule has 9 heteroatoms. The normalized spacial score (nSPS) is 13.3. The van der Waals surface area contributed by atoms with Crippen LogP contribution in [0.2, 0.25) is 0 Å². The number of rotatable bonds is 8. The van der Waals surface area contributed by atoms with E-state index in [1.807, 2.05) is 0 Å². The minimum atomic E-state index is -3.81. The lowest BCUT2D eigenvalue weighted by molar-refractivity contribution is -0.117. The molecule has 0 fully saturated rings. The highest BCUT2D eigenvalue weighted by atomic mass is 32.2. The zero-order valence-electron chi connectivity index (χ0n) is 16.9. The highest BCUT2D eigenvalue weighted by molar-refractivity contribution is 7.89. The van der Waals surface area contributed by atoms with Gasteiger partial charge in [0.2, 0.25) is 21.1 Å². The molecule has 154 valence electrons. The fourth-order valence-electron chi connectivity index (χ4n) is 2.44.